The summed E-state index contributed by atoms with van der Waals surface area (Å²) in [6.45, 7) is 3.87. The van der Waals surface area contributed by atoms with Crippen LogP contribution in [0.25, 0.3) is 0 Å². The van der Waals surface area contributed by atoms with Gasteiger partial charge in [-0.2, -0.15) is 0 Å². The first kappa shape index (κ1) is 13.1. The third-order valence-corrected chi connectivity index (χ3v) is 6.08. The molecule has 0 heterocycles. The second-order valence-corrected chi connectivity index (χ2v) is 7.13. The van der Waals surface area contributed by atoms with E-state index in [0.717, 1.165) is 0 Å². The van der Waals surface area contributed by atoms with Crippen molar-refractivity contribution in [3.8, 4) is 0 Å². The van der Waals surface area contributed by atoms with Gasteiger partial charge in [-0.1, -0.05) is 91.5 Å². The fourth-order valence-electron chi connectivity index (χ4n) is 2.49. The number of hydrogen-bond acceptors (Lipinski definition) is 0. The second-order valence-electron chi connectivity index (χ2n) is 4.76. The van der Waals surface area contributed by atoms with Gasteiger partial charge in [0.25, 0.3) is 0 Å². The van der Waals surface area contributed by atoms with E-state index < -0.39 is 7.92 Å². The van der Waals surface area contributed by atoms with Crippen molar-refractivity contribution in [3.63, 3.8) is 0 Å². The number of benzene rings is 2. The van der Waals surface area contributed by atoms with E-state index in [1.807, 2.05) is 6.08 Å². The van der Waals surface area contributed by atoms with Crippen molar-refractivity contribution in [2.45, 2.75) is 5.66 Å². The molecule has 0 bridgehead atoms. The van der Waals surface area contributed by atoms with E-state index in [1.54, 1.807) is 0 Å². The normalized spacial score (nSPS) is 17.2. The molecule has 0 spiro atoms. The van der Waals surface area contributed by atoms with Crippen LogP contribution in [-0.2, 0) is 0 Å². The number of hydrogen-bond donors (Lipinski definition) is 0. The summed E-state index contributed by atoms with van der Waals surface area (Å²) >= 11 is 0. The van der Waals surface area contributed by atoms with Gasteiger partial charge in [0, 0.05) is 5.66 Å². The zero-order chi connectivity index (χ0) is 13.8. The van der Waals surface area contributed by atoms with Crippen LogP contribution in [0.15, 0.2) is 97.1 Å². The van der Waals surface area contributed by atoms with Crippen molar-refractivity contribution in [2.75, 3.05) is 0 Å². The lowest BCUT2D eigenvalue weighted by molar-refractivity contribution is 1.44. The quantitative estimate of drug-likeness (QED) is 0.735. The van der Waals surface area contributed by atoms with Crippen molar-refractivity contribution in [3.05, 3.63) is 97.1 Å². The molecule has 0 aliphatic heterocycles. The Morgan fingerprint density at radius 3 is 1.85 bits per heavy atom. The molecular formula is C19H17P. The number of rotatable bonds is 4. The molecule has 0 fully saturated rings. The van der Waals surface area contributed by atoms with Gasteiger partial charge in [0.1, 0.15) is 0 Å². The highest BCUT2D eigenvalue weighted by atomic mass is 31.1. The summed E-state index contributed by atoms with van der Waals surface area (Å²) in [6, 6.07) is 21.6. The maximum absolute atomic E-state index is 3.87. The summed E-state index contributed by atoms with van der Waals surface area (Å²) in [6.07, 6.45) is 8.75. The van der Waals surface area contributed by atoms with Crippen LogP contribution in [0, 0.1) is 0 Å². The Balaban J connectivity index is 2.04. The molecule has 3 rings (SSSR count). The van der Waals surface area contributed by atoms with Gasteiger partial charge in [-0.15, -0.1) is 0 Å². The van der Waals surface area contributed by atoms with Crippen LogP contribution in [0.3, 0.4) is 0 Å². The van der Waals surface area contributed by atoms with Crippen LogP contribution in [-0.4, -0.2) is 5.66 Å². The first-order chi connectivity index (χ1) is 9.88. The Kier molecular flexibility index (Phi) is 3.95. The van der Waals surface area contributed by atoms with Crippen LogP contribution in [0.4, 0.5) is 0 Å². The largest absolute Gasteiger partial charge is 0.0985 e. The smallest absolute Gasteiger partial charge is 0.0243 e. The molecule has 1 aliphatic rings. The van der Waals surface area contributed by atoms with E-state index in [9.17, 15) is 0 Å². The molecule has 0 N–H and O–H groups in total. The minimum atomic E-state index is -0.395. The molecule has 0 amide bonds. The molecule has 0 radical (unpaired) electrons. The fourth-order valence-corrected chi connectivity index (χ4v) is 5.04. The van der Waals surface area contributed by atoms with Gasteiger partial charge in [0.2, 0.25) is 0 Å². The van der Waals surface area contributed by atoms with Gasteiger partial charge >= 0.3 is 0 Å². The molecule has 20 heavy (non-hydrogen) atoms. The molecule has 98 valence electrons. The lowest BCUT2D eigenvalue weighted by atomic mass is 10.3. The minimum absolute atomic E-state index is 0.395. The van der Waals surface area contributed by atoms with E-state index >= 15 is 0 Å². The highest BCUT2D eigenvalue weighted by Crippen LogP contribution is 2.43. The average Bonchev–Trinajstić information content (AvgIpc) is 2.98. The summed E-state index contributed by atoms with van der Waals surface area (Å²) in [5, 5.41) is 2.84. The predicted molar refractivity (Wildman–Crippen MR) is 90.3 cm³/mol. The van der Waals surface area contributed by atoms with Crippen molar-refractivity contribution >= 4 is 18.5 Å². The van der Waals surface area contributed by atoms with Crippen LogP contribution in [0.1, 0.15) is 0 Å². The highest BCUT2D eigenvalue weighted by Gasteiger charge is 2.23. The predicted octanol–water partition coefficient (Wildman–Crippen LogP) is 4.17. The van der Waals surface area contributed by atoms with E-state index in [1.165, 1.54) is 16.2 Å². The Hall–Kier alpha value is -1.91. The summed E-state index contributed by atoms with van der Waals surface area (Å²) in [7, 11) is -0.395. The molecule has 2 aromatic carbocycles. The van der Waals surface area contributed by atoms with Crippen molar-refractivity contribution in [2.24, 2.45) is 0 Å². The third kappa shape index (κ3) is 2.66. The fraction of sp³-hybridized carbons (Fsp3) is 0.0526. The minimum Gasteiger partial charge on any atom is -0.0985 e. The standard InChI is InChI=1S/C19H17P/c1-2-16-13-14-19(15-16)20(17-9-5-3-6-10-17)18-11-7-4-8-12-18/h2-15,19H,1H2. The highest BCUT2D eigenvalue weighted by molar-refractivity contribution is 7.74. The molecule has 1 atom stereocenters. The summed E-state index contributed by atoms with van der Waals surface area (Å²) in [5.41, 5.74) is 1.69. The lowest BCUT2D eigenvalue weighted by Gasteiger charge is -2.22. The SMILES string of the molecule is C=CC1=CC(P(c2ccccc2)c2ccccc2)C=C1. The molecule has 2 aromatic rings. The topological polar surface area (TPSA) is 0 Å². The van der Waals surface area contributed by atoms with Crippen molar-refractivity contribution in [1.29, 1.82) is 0 Å². The van der Waals surface area contributed by atoms with Gasteiger partial charge < -0.3 is 0 Å². The molecule has 0 saturated heterocycles. The Morgan fingerprint density at radius 1 is 0.850 bits per heavy atom. The van der Waals surface area contributed by atoms with Crippen LogP contribution in [0.5, 0.6) is 0 Å². The summed E-state index contributed by atoms with van der Waals surface area (Å²) in [5.74, 6) is 0. The zero-order valence-corrected chi connectivity index (χ0v) is 12.2. The maximum atomic E-state index is 3.87. The van der Waals surface area contributed by atoms with E-state index in [4.69, 9.17) is 0 Å². The molecule has 0 nitrogen and oxygen atoms in total. The van der Waals surface area contributed by atoms with E-state index in [2.05, 4.69) is 85.5 Å². The molecule has 0 aromatic heterocycles. The summed E-state index contributed by atoms with van der Waals surface area (Å²) < 4.78 is 0. The molecule has 1 heteroatoms. The number of allylic oxidation sites excluding steroid dienone is 5. The van der Waals surface area contributed by atoms with Crippen LogP contribution < -0.4 is 10.6 Å². The van der Waals surface area contributed by atoms with Crippen molar-refractivity contribution < 1.29 is 0 Å². The molecule has 1 unspecified atom stereocenters. The van der Waals surface area contributed by atoms with Gasteiger partial charge in [0.05, 0.1) is 0 Å². The van der Waals surface area contributed by atoms with E-state index in [-0.39, 0.29) is 0 Å². The van der Waals surface area contributed by atoms with Crippen LogP contribution in [0.2, 0.25) is 0 Å². The Bertz CT molecular complexity index is 598. The Labute approximate surface area is 121 Å². The van der Waals surface area contributed by atoms with E-state index in [0.29, 0.717) is 5.66 Å². The lowest BCUT2D eigenvalue weighted by Crippen LogP contribution is -2.18. The zero-order valence-electron chi connectivity index (χ0n) is 11.3. The van der Waals surface area contributed by atoms with Gasteiger partial charge in [0.15, 0.2) is 0 Å². The first-order valence-electron chi connectivity index (χ1n) is 6.80. The van der Waals surface area contributed by atoms with Crippen LogP contribution >= 0.6 is 7.92 Å². The van der Waals surface area contributed by atoms with Crippen molar-refractivity contribution in [1.82, 2.24) is 0 Å². The molecule has 0 saturated carbocycles. The first-order valence-corrected chi connectivity index (χ1v) is 8.21. The summed E-state index contributed by atoms with van der Waals surface area (Å²) in [4.78, 5) is 0. The monoisotopic (exact) mass is 276 g/mol. The third-order valence-electron chi connectivity index (χ3n) is 3.45. The van der Waals surface area contributed by atoms with Gasteiger partial charge in [-0.3, -0.25) is 0 Å². The molecular weight excluding hydrogens is 259 g/mol. The second kappa shape index (κ2) is 6.03. The van der Waals surface area contributed by atoms with Gasteiger partial charge in [-0.05, 0) is 24.1 Å². The molecule has 1 aliphatic carbocycles. The maximum Gasteiger partial charge on any atom is 0.0243 e. The van der Waals surface area contributed by atoms with Gasteiger partial charge in [-0.25, -0.2) is 0 Å². The average molecular weight is 276 g/mol. The Morgan fingerprint density at radius 2 is 1.40 bits per heavy atom.